The molecule has 3 heterocycles. The van der Waals surface area contributed by atoms with E-state index in [1.54, 1.807) is 17.5 Å². The van der Waals surface area contributed by atoms with E-state index in [4.69, 9.17) is 0 Å². The van der Waals surface area contributed by atoms with Gasteiger partial charge in [-0.1, -0.05) is 11.8 Å². The maximum atomic E-state index is 13.0. The Morgan fingerprint density at radius 2 is 1.85 bits per heavy atom. The average Bonchev–Trinajstić information content (AvgIpc) is 3.53. The van der Waals surface area contributed by atoms with Crippen LogP contribution in [0.2, 0.25) is 0 Å². The van der Waals surface area contributed by atoms with Crippen molar-refractivity contribution in [2.45, 2.75) is 32.9 Å². The number of nitrogens with zero attached hydrogens (tertiary/aromatic N) is 6. The first-order valence-electron chi connectivity index (χ1n) is 10.9. The highest BCUT2D eigenvalue weighted by atomic mass is 32.2. The first-order valence-corrected chi connectivity index (χ1v) is 12.8. The molecule has 0 aliphatic rings. The van der Waals surface area contributed by atoms with E-state index >= 15 is 0 Å². The molecular weight excluding hydrogens is 452 g/mol. The number of Topliss-reactive ketones (excluding diaryl/α,β-unsaturated/α-hetero) is 1. The molecule has 0 bridgehead atoms. The molecule has 0 atom stereocenters. The topological polar surface area (TPSA) is 68.8 Å². The zero-order chi connectivity index (χ0) is 23.5. The van der Waals surface area contributed by atoms with Crippen molar-refractivity contribution in [2.24, 2.45) is 7.05 Å². The molecule has 0 aliphatic heterocycles. The second-order valence-corrected chi connectivity index (χ2v) is 9.55. The van der Waals surface area contributed by atoms with E-state index in [1.807, 2.05) is 41.5 Å². The van der Waals surface area contributed by atoms with Crippen LogP contribution in [0.3, 0.4) is 0 Å². The van der Waals surface area contributed by atoms with Crippen LogP contribution in [0.4, 0.5) is 5.69 Å². The van der Waals surface area contributed by atoms with E-state index in [9.17, 15) is 4.79 Å². The van der Waals surface area contributed by atoms with Crippen LogP contribution in [-0.4, -0.2) is 48.9 Å². The minimum absolute atomic E-state index is 0.0732. The Kier molecular flexibility index (Phi) is 6.99. The van der Waals surface area contributed by atoms with Crippen LogP contribution in [0, 0.1) is 13.8 Å². The monoisotopic (exact) mass is 480 g/mol. The Morgan fingerprint density at radius 1 is 1.12 bits per heavy atom. The lowest BCUT2D eigenvalue weighted by atomic mass is 10.2. The predicted molar refractivity (Wildman–Crippen MR) is 136 cm³/mol. The second kappa shape index (κ2) is 9.93. The molecule has 0 aliphatic carbocycles. The number of thiazole rings is 1. The summed E-state index contributed by atoms with van der Waals surface area (Å²) in [6, 6.07) is 10.3. The fraction of sp³-hybridized carbons (Fsp3) is 0.333. The maximum absolute atomic E-state index is 13.0. The molecule has 0 spiro atoms. The zero-order valence-corrected chi connectivity index (χ0v) is 21.2. The molecule has 4 rings (SSSR count). The third-order valence-electron chi connectivity index (χ3n) is 5.76. The van der Waals surface area contributed by atoms with E-state index in [0.29, 0.717) is 5.75 Å². The summed E-state index contributed by atoms with van der Waals surface area (Å²) in [6.45, 7) is 10.2. The van der Waals surface area contributed by atoms with Gasteiger partial charge in [-0.2, -0.15) is 0 Å². The van der Waals surface area contributed by atoms with Gasteiger partial charge in [0.2, 0.25) is 0 Å². The van der Waals surface area contributed by atoms with Crippen LogP contribution in [-0.2, 0) is 7.05 Å². The van der Waals surface area contributed by atoms with Crippen molar-refractivity contribution in [2.75, 3.05) is 23.7 Å². The van der Waals surface area contributed by atoms with Crippen molar-refractivity contribution < 1.29 is 4.79 Å². The predicted octanol–water partition coefficient (Wildman–Crippen LogP) is 5.17. The molecule has 4 aromatic rings. The van der Waals surface area contributed by atoms with Crippen molar-refractivity contribution in [1.29, 1.82) is 0 Å². The van der Waals surface area contributed by atoms with Crippen LogP contribution in [0.25, 0.3) is 16.5 Å². The van der Waals surface area contributed by atoms with Crippen LogP contribution in [0.15, 0.2) is 47.1 Å². The first-order chi connectivity index (χ1) is 15.9. The van der Waals surface area contributed by atoms with Gasteiger partial charge in [0, 0.05) is 59.9 Å². The summed E-state index contributed by atoms with van der Waals surface area (Å²) in [5.41, 5.74) is 4.85. The number of rotatable bonds is 9. The number of carbonyl (C=O) groups excluding carboxylic acids is 1. The van der Waals surface area contributed by atoms with E-state index in [-0.39, 0.29) is 5.78 Å². The minimum atomic E-state index is 0.0732. The normalized spacial score (nSPS) is 11.2. The van der Waals surface area contributed by atoms with E-state index in [2.05, 4.69) is 58.2 Å². The molecule has 7 nitrogen and oxygen atoms in total. The van der Waals surface area contributed by atoms with Crippen LogP contribution < -0.4 is 4.90 Å². The van der Waals surface area contributed by atoms with Crippen molar-refractivity contribution in [1.82, 2.24) is 24.3 Å². The molecule has 0 fully saturated rings. The number of thioether (sulfide) groups is 1. The molecule has 3 aromatic heterocycles. The SMILES string of the molecule is CCN(CC)c1ccc(-c2nnc(SCC(=O)c3cc(C)n(-c4nccs4)c3C)n2C)cc1. The van der Waals surface area contributed by atoms with Gasteiger partial charge < -0.3 is 9.47 Å². The summed E-state index contributed by atoms with van der Waals surface area (Å²) < 4.78 is 3.98. The third kappa shape index (κ3) is 4.60. The van der Waals surface area contributed by atoms with Gasteiger partial charge in [-0.15, -0.1) is 21.5 Å². The van der Waals surface area contributed by atoms with Gasteiger partial charge >= 0.3 is 0 Å². The Morgan fingerprint density at radius 3 is 2.48 bits per heavy atom. The average molecular weight is 481 g/mol. The molecule has 33 heavy (non-hydrogen) atoms. The summed E-state index contributed by atoms with van der Waals surface area (Å²) in [7, 11) is 1.94. The summed E-state index contributed by atoms with van der Waals surface area (Å²) >= 11 is 2.97. The molecular formula is C24H28N6OS2. The Labute approximate surface area is 202 Å². The van der Waals surface area contributed by atoms with Gasteiger partial charge in [0.1, 0.15) is 0 Å². The lowest BCUT2D eigenvalue weighted by molar-refractivity contribution is 0.102. The number of aromatic nitrogens is 5. The number of anilines is 1. The number of aryl methyl sites for hydroxylation is 1. The second-order valence-electron chi connectivity index (χ2n) is 7.73. The van der Waals surface area contributed by atoms with Crippen LogP contribution >= 0.6 is 23.1 Å². The van der Waals surface area contributed by atoms with E-state index in [1.165, 1.54) is 17.4 Å². The van der Waals surface area contributed by atoms with Gasteiger partial charge in [-0.05, 0) is 58.0 Å². The fourth-order valence-electron chi connectivity index (χ4n) is 3.98. The van der Waals surface area contributed by atoms with Gasteiger partial charge in [-0.25, -0.2) is 4.98 Å². The smallest absolute Gasteiger partial charge is 0.193 e. The Bertz CT molecular complexity index is 1240. The number of carbonyl (C=O) groups is 1. The van der Waals surface area contributed by atoms with Crippen molar-refractivity contribution in [3.05, 3.63) is 58.9 Å². The fourth-order valence-corrected chi connectivity index (χ4v) is 5.52. The molecule has 0 amide bonds. The van der Waals surface area contributed by atoms with Crippen molar-refractivity contribution in [3.8, 4) is 16.5 Å². The third-order valence-corrected chi connectivity index (χ3v) is 7.54. The molecule has 1 aromatic carbocycles. The van der Waals surface area contributed by atoms with Crippen LogP contribution in [0.5, 0.6) is 0 Å². The lowest BCUT2D eigenvalue weighted by Crippen LogP contribution is -2.21. The van der Waals surface area contributed by atoms with Crippen molar-refractivity contribution in [3.63, 3.8) is 0 Å². The van der Waals surface area contributed by atoms with Gasteiger partial charge in [-0.3, -0.25) is 9.36 Å². The minimum Gasteiger partial charge on any atom is -0.372 e. The highest BCUT2D eigenvalue weighted by Gasteiger charge is 2.19. The van der Waals surface area contributed by atoms with Gasteiger partial charge in [0.05, 0.1) is 5.75 Å². The van der Waals surface area contributed by atoms with Gasteiger partial charge in [0.25, 0.3) is 0 Å². The molecule has 9 heteroatoms. The Hall–Kier alpha value is -2.91. The molecule has 0 unspecified atom stereocenters. The molecule has 0 saturated carbocycles. The van der Waals surface area contributed by atoms with Crippen LogP contribution in [0.1, 0.15) is 35.6 Å². The molecule has 0 radical (unpaired) electrons. The molecule has 0 N–H and O–H groups in total. The quantitative estimate of drug-likeness (QED) is 0.243. The van der Waals surface area contributed by atoms with E-state index in [0.717, 1.165) is 51.7 Å². The lowest BCUT2D eigenvalue weighted by Gasteiger charge is -2.21. The number of hydrogen-bond donors (Lipinski definition) is 0. The Balaban J connectivity index is 1.47. The highest BCUT2D eigenvalue weighted by molar-refractivity contribution is 7.99. The molecule has 172 valence electrons. The zero-order valence-electron chi connectivity index (χ0n) is 19.6. The summed E-state index contributed by atoms with van der Waals surface area (Å²) in [6.07, 6.45) is 1.78. The first kappa shape index (κ1) is 23.3. The van der Waals surface area contributed by atoms with E-state index < -0.39 is 0 Å². The number of hydrogen-bond acceptors (Lipinski definition) is 7. The summed E-state index contributed by atoms with van der Waals surface area (Å²) in [5.74, 6) is 1.16. The van der Waals surface area contributed by atoms with Gasteiger partial charge in [0.15, 0.2) is 21.9 Å². The largest absolute Gasteiger partial charge is 0.372 e. The summed E-state index contributed by atoms with van der Waals surface area (Å²) in [5, 5.41) is 12.2. The highest BCUT2D eigenvalue weighted by Crippen LogP contribution is 2.27. The number of ketones is 1. The summed E-state index contributed by atoms with van der Waals surface area (Å²) in [4.78, 5) is 19.7. The standard InChI is InChI=1S/C24H28N6OS2/c1-6-29(7-2)19-10-8-18(9-11-19)22-26-27-24(28(22)5)33-15-21(31)20-14-16(3)30(17(20)4)23-25-12-13-32-23/h8-14H,6-7,15H2,1-5H3. The number of benzene rings is 1. The van der Waals surface area contributed by atoms with Crippen molar-refractivity contribution >= 4 is 34.6 Å². The molecule has 0 saturated heterocycles. The maximum Gasteiger partial charge on any atom is 0.193 e.